The second-order valence-corrected chi connectivity index (χ2v) is 13.9. The zero-order valence-electron chi connectivity index (χ0n) is 25.0. The van der Waals surface area contributed by atoms with Crippen molar-refractivity contribution in [2.75, 3.05) is 44.5 Å². The van der Waals surface area contributed by atoms with Gasteiger partial charge in [-0.1, -0.05) is 42.5 Å². The standard InChI is InChI=1S/C31H34F3N5O4S2/c1-39(2)28-22-11-7-8-12-23(22)37-30(38-28)35-17-19-13-15-20(16-14-19)18-36-45(41,42)26-24(21-9-5-4-6-10-21)27(31(32,33)34)44-25(26)29(40)43-3/h4-12,19-20,36H,13-18H2,1-3H3,(H,35,37,38). The van der Waals surface area contributed by atoms with Crippen molar-refractivity contribution in [1.29, 1.82) is 0 Å². The number of carbonyl (C=O) groups excluding carboxylic acids is 1. The monoisotopic (exact) mass is 661 g/mol. The molecule has 1 aliphatic carbocycles. The number of nitrogens with zero attached hydrogens (tertiary/aromatic N) is 3. The molecule has 9 nitrogen and oxygen atoms in total. The molecule has 45 heavy (non-hydrogen) atoms. The summed E-state index contributed by atoms with van der Waals surface area (Å²) in [6, 6.07) is 15.2. The second kappa shape index (κ2) is 13.3. The molecule has 1 aliphatic rings. The van der Waals surface area contributed by atoms with Crippen LogP contribution in [0.15, 0.2) is 59.5 Å². The number of alkyl halides is 3. The number of carbonyl (C=O) groups is 1. The van der Waals surface area contributed by atoms with E-state index in [1.165, 1.54) is 24.3 Å². The molecule has 0 bridgehead atoms. The number of ether oxygens (including phenoxy) is 1. The summed E-state index contributed by atoms with van der Waals surface area (Å²) in [6.45, 7) is 0.691. The lowest BCUT2D eigenvalue weighted by molar-refractivity contribution is -0.133. The van der Waals surface area contributed by atoms with E-state index in [0.717, 1.165) is 49.5 Å². The minimum atomic E-state index is -4.88. The highest BCUT2D eigenvalue weighted by Crippen LogP contribution is 2.47. The maximum atomic E-state index is 14.1. The van der Waals surface area contributed by atoms with E-state index >= 15 is 0 Å². The highest BCUT2D eigenvalue weighted by Gasteiger charge is 2.43. The van der Waals surface area contributed by atoms with Gasteiger partial charge in [-0.15, -0.1) is 11.3 Å². The number of nitrogens with one attached hydrogen (secondary N) is 2. The summed E-state index contributed by atoms with van der Waals surface area (Å²) in [5.41, 5.74) is 0.329. The van der Waals surface area contributed by atoms with Gasteiger partial charge in [0.15, 0.2) is 0 Å². The Morgan fingerprint density at radius 2 is 1.60 bits per heavy atom. The van der Waals surface area contributed by atoms with Gasteiger partial charge >= 0.3 is 12.1 Å². The number of methoxy groups -OCH3 is 1. The van der Waals surface area contributed by atoms with Crippen molar-refractivity contribution in [2.45, 2.75) is 36.8 Å². The highest BCUT2D eigenvalue weighted by atomic mass is 32.2. The first-order chi connectivity index (χ1) is 21.4. The molecule has 2 aromatic carbocycles. The lowest BCUT2D eigenvalue weighted by atomic mass is 9.82. The van der Waals surface area contributed by atoms with Crippen molar-refractivity contribution in [3.63, 3.8) is 0 Å². The molecule has 5 rings (SSSR count). The van der Waals surface area contributed by atoms with Crippen LogP contribution in [-0.4, -0.2) is 58.6 Å². The zero-order chi connectivity index (χ0) is 32.4. The van der Waals surface area contributed by atoms with E-state index in [-0.39, 0.29) is 29.4 Å². The average Bonchev–Trinajstić information content (AvgIpc) is 3.46. The van der Waals surface area contributed by atoms with Gasteiger partial charge in [-0.3, -0.25) is 0 Å². The van der Waals surface area contributed by atoms with Crippen LogP contribution < -0.4 is 14.9 Å². The Labute approximate surface area is 263 Å². The molecule has 2 aromatic heterocycles. The third-order valence-electron chi connectivity index (χ3n) is 7.91. The average molecular weight is 662 g/mol. The Hall–Kier alpha value is -3.75. The number of sulfonamides is 1. The number of hydrogen-bond acceptors (Lipinski definition) is 9. The predicted molar refractivity (Wildman–Crippen MR) is 169 cm³/mol. The van der Waals surface area contributed by atoms with Crippen molar-refractivity contribution in [2.24, 2.45) is 11.8 Å². The van der Waals surface area contributed by atoms with E-state index in [4.69, 9.17) is 0 Å². The van der Waals surface area contributed by atoms with Crippen LogP contribution in [0.1, 0.15) is 40.2 Å². The number of fused-ring (bicyclic) bond motifs is 1. The molecule has 1 saturated carbocycles. The number of esters is 1. The van der Waals surface area contributed by atoms with Crippen LogP contribution in [0.2, 0.25) is 0 Å². The molecule has 0 atom stereocenters. The number of hydrogen-bond donors (Lipinski definition) is 2. The van der Waals surface area contributed by atoms with E-state index in [1.54, 1.807) is 6.07 Å². The first kappa shape index (κ1) is 32.6. The molecular weight excluding hydrogens is 628 g/mol. The maximum absolute atomic E-state index is 14.1. The largest absolute Gasteiger partial charge is 0.465 e. The van der Waals surface area contributed by atoms with Crippen LogP contribution in [0, 0.1) is 11.8 Å². The van der Waals surface area contributed by atoms with Crippen molar-refractivity contribution in [3.05, 3.63) is 64.4 Å². The smallest absolute Gasteiger partial charge is 0.426 e. The molecule has 0 saturated heterocycles. The lowest BCUT2D eigenvalue weighted by Crippen LogP contribution is -2.33. The summed E-state index contributed by atoms with van der Waals surface area (Å²) in [7, 11) is 0.338. The second-order valence-electron chi connectivity index (χ2n) is 11.2. The van der Waals surface area contributed by atoms with Crippen molar-refractivity contribution >= 4 is 50.0 Å². The number of anilines is 2. The van der Waals surface area contributed by atoms with Crippen LogP contribution in [0.4, 0.5) is 24.9 Å². The highest BCUT2D eigenvalue weighted by molar-refractivity contribution is 7.90. The summed E-state index contributed by atoms with van der Waals surface area (Å²) in [6.07, 6.45) is -1.78. The SMILES string of the molecule is COC(=O)c1sc(C(F)(F)F)c(-c2ccccc2)c1S(=O)(=O)NCC1CCC(CNc2nc(N(C)C)c3ccccc3n2)CC1. The van der Waals surface area contributed by atoms with Crippen LogP contribution in [0.3, 0.4) is 0 Å². The molecule has 0 spiro atoms. The van der Waals surface area contributed by atoms with Gasteiger partial charge < -0.3 is 15.0 Å². The van der Waals surface area contributed by atoms with Crippen molar-refractivity contribution in [1.82, 2.24) is 14.7 Å². The fourth-order valence-electron chi connectivity index (χ4n) is 5.62. The summed E-state index contributed by atoms with van der Waals surface area (Å²) >= 11 is 0.0771. The Balaban J connectivity index is 1.27. The van der Waals surface area contributed by atoms with Gasteiger partial charge in [0.2, 0.25) is 16.0 Å². The molecule has 0 aliphatic heterocycles. The lowest BCUT2D eigenvalue weighted by Gasteiger charge is -2.29. The summed E-state index contributed by atoms with van der Waals surface area (Å²) in [5.74, 6) is 0.511. The molecule has 0 unspecified atom stereocenters. The third-order valence-corrected chi connectivity index (χ3v) is 10.7. The molecular formula is C31H34F3N5O4S2. The van der Waals surface area contributed by atoms with Gasteiger partial charge in [-0.25, -0.2) is 22.9 Å². The fraction of sp³-hybridized carbons (Fsp3) is 0.387. The quantitative estimate of drug-likeness (QED) is 0.187. The van der Waals surface area contributed by atoms with E-state index < -0.39 is 42.4 Å². The normalized spacial score (nSPS) is 17.3. The Kier molecular flexibility index (Phi) is 9.65. The first-order valence-electron chi connectivity index (χ1n) is 14.4. The molecule has 4 aromatic rings. The van der Waals surface area contributed by atoms with Gasteiger partial charge in [0.25, 0.3) is 0 Å². The molecule has 14 heteroatoms. The van der Waals surface area contributed by atoms with Crippen molar-refractivity contribution in [3.8, 4) is 11.1 Å². The van der Waals surface area contributed by atoms with E-state index in [0.29, 0.717) is 18.4 Å². The van der Waals surface area contributed by atoms with Gasteiger partial charge in [0, 0.05) is 38.1 Å². The number of aromatic nitrogens is 2. The van der Waals surface area contributed by atoms with Crippen LogP contribution in [0.25, 0.3) is 22.0 Å². The molecule has 240 valence electrons. The van der Waals surface area contributed by atoms with Gasteiger partial charge in [-0.2, -0.15) is 18.2 Å². The minimum absolute atomic E-state index is 0.0178. The molecule has 0 radical (unpaired) electrons. The number of benzene rings is 2. The molecule has 2 N–H and O–H groups in total. The van der Waals surface area contributed by atoms with E-state index in [2.05, 4.69) is 24.7 Å². The van der Waals surface area contributed by atoms with Crippen LogP contribution >= 0.6 is 11.3 Å². The number of rotatable bonds is 10. The fourth-order valence-corrected chi connectivity index (χ4v) is 8.56. The predicted octanol–water partition coefficient (Wildman–Crippen LogP) is 6.43. The van der Waals surface area contributed by atoms with Gasteiger partial charge in [-0.05, 0) is 55.2 Å². The third kappa shape index (κ3) is 7.23. The Morgan fingerprint density at radius 1 is 0.978 bits per heavy atom. The van der Waals surface area contributed by atoms with Gasteiger partial charge in [0.1, 0.15) is 20.5 Å². The van der Waals surface area contributed by atoms with Crippen LogP contribution in [-0.2, 0) is 20.9 Å². The number of para-hydroxylation sites is 1. The number of halogens is 3. The Bertz CT molecular complexity index is 1770. The maximum Gasteiger partial charge on any atom is 0.426 e. The minimum Gasteiger partial charge on any atom is -0.465 e. The topological polar surface area (TPSA) is 114 Å². The molecule has 1 fully saturated rings. The van der Waals surface area contributed by atoms with E-state index in [1.807, 2.05) is 43.3 Å². The summed E-state index contributed by atoms with van der Waals surface area (Å²) in [5, 5.41) is 4.32. The van der Waals surface area contributed by atoms with Crippen LogP contribution in [0.5, 0.6) is 0 Å². The first-order valence-corrected chi connectivity index (χ1v) is 16.7. The van der Waals surface area contributed by atoms with Crippen molar-refractivity contribution < 1.29 is 31.1 Å². The number of thiophene rings is 1. The zero-order valence-corrected chi connectivity index (χ0v) is 26.7. The summed E-state index contributed by atoms with van der Waals surface area (Å²) in [4.78, 5) is 21.3. The Morgan fingerprint density at radius 3 is 2.22 bits per heavy atom. The molecule has 2 heterocycles. The summed E-state index contributed by atoms with van der Waals surface area (Å²) < 4.78 is 76.8. The van der Waals surface area contributed by atoms with E-state index in [9.17, 15) is 26.4 Å². The molecule has 0 amide bonds. The van der Waals surface area contributed by atoms with Gasteiger partial charge in [0.05, 0.1) is 12.6 Å².